The number of ether oxygens (including phenoxy) is 1. The highest BCUT2D eigenvalue weighted by Crippen LogP contribution is 2.25. The number of rotatable bonds is 4. The molecule has 3 N–H and O–H groups in total. The average molecular weight is 186 g/mol. The molecule has 13 heavy (non-hydrogen) atoms. The Morgan fingerprint density at radius 1 is 1.69 bits per heavy atom. The van der Waals surface area contributed by atoms with Gasteiger partial charge in [-0.15, -0.1) is 0 Å². The highest BCUT2D eigenvalue weighted by atomic mass is 16.5. The lowest BCUT2D eigenvalue weighted by atomic mass is 9.88. The largest absolute Gasteiger partial charge is 0.380 e. The normalized spacial score (nSPS) is 21.8. The van der Waals surface area contributed by atoms with Crippen LogP contribution in [0.1, 0.15) is 13.8 Å². The Morgan fingerprint density at radius 2 is 2.31 bits per heavy atom. The monoisotopic (exact) mass is 186 g/mol. The lowest BCUT2D eigenvalue weighted by molar-refractivity contribution is -0.129. The zero-order chi connectivity index (χ0) is 9.90. The van der Waals surface area contributed by atoms with E-state index in [4.69, 9.17) is 10.5 Å². The molecule has 0 radical (unpaired) electrons. The molecule has 1 aliphatic rings. The number of hydrogen-bond donors (Lipinski definition) is 2. The minimum Gasteiger partial charge on any atom is -0.380 e. The highest BCUT2D eigenvalue weighted by Gasteiger charge is 2.33. The van der Waals surface area contributed by atoms with E-state index in [1.807, 2.05) is 6.92 Å². The van der Waals surface area contributed by atoms with Gasteiger partial charge in [-0.25, -0.2) is 0 Å². The minimum atomic E-state index is -0.0930. The molecule has 76 valence electrons. The molecule has 0 spiro atoms. The quantitative estimate of drug-likeness (QED) is 0.635. The van der Waals surface area contributed by atoms with Crippen molar-refractivity contribution in [2.24, 2.45) is 17.1 Å². The Hall–Kier alpha value is -0.610. The van der Waals surface area contributed by atoms with Crippen molar-refractivity contribution in [3.63, 3.8) is 0 Å². The van der Waals surface area contributed by atoms with Gasteiger partial charge >= 0.3 is 0 Å². The van der Waals surface area contributed by atoms with E-state index in [0.717, 1.165) is 13.2 Å². The fourth-order valence-corrected chi connectivity index (χ4v) is 1.13. The smallest absolute Gasteiger partial charge is 0.224 e. The SMILES string of the molecule is CC(CN)C(=O)NCC1(C)COC1. The zero-order valence-corrected chi connectivity index (χ0v) is 8.30. The number of amides is 1. The molecule has 0 bridgehead atoms. The summed E-state index contributed by atoms with van der Waals surface area (Å²) in [4.78, 5) is 11.3. The third-order valence-corrected chi connectivity index (χ3v) is 2.39. The summed E-state index contributed by atoms with van der Waals surface area (Å²) in [7, 11) is 0. The fourth-order valence-electron chi connectivity index (χ4n) is 1.13. The molecule has 1 aliphatic heterocycles. The summed E-state index contributed by atoms with van der Waals surface area (Å²) in [6.07, 6.45) is 0. The molecule has 0 aromatic carbocycles. The van der Waals surface area contributed by atoms with Gasteiger partial charge in [0.1, 0.15) is 0 Å². The molecule has 1 rings (SSSR count). The van der Waals surface area contributed by atoms with Crippen LogP contribution in [0.4, 0.5) is 0 Å². The first kappa shape index (κ1) is 10.5. The maximum atomic E-state index is 11.3. The van der Waals surface area contributed by atoms with Crippen LogP contribution in [0.15, 0.2) is 0 Å². The molecule has 0 saturated carbocycles. The van der Waals surface area contributed by atoms with Crippen LogP contribution < -0.4 is 11.1 Å². The summed E-state index contributed by atoms with van der Waals surface area (Å²) >= 11 is 0. The van der Waals surface area contributed by atoms with Crippen molar-refractivity contribution < 1.29 is 9.53 Å². The van der Waals surface area contributed by atoms with Crippen LogP contribution in [0.5, 0.6) is 0 Å². The second kappa shape index (κ2) is 4.07. The van der Waals surface area contributed by atoms with Crippen LogP contribution >= 0.6 is 0 Å². The standard InChI is InChI=1S/C9H18N2O2/c1-7(3-10)8(12)11-4-9(2)5-13-6-9/h7H,3-6,10H2,1-2H3,(H,11,12). The van der Waals surface area contributed by atoms with Gasteiger partial charge in [0.2, 0.25) is 5.91 Å². The first-order valence-corrected chi connectivity index (χ1v) is 4.63. The molecule has 1 amide bonds. The third kappa shape index (κ3) is 2.67. The molecule has 1 unspecified atom stereocenters. The van der Waals surface area contributed by atoms with E-state index in [2.05, 4.69) is 12.2 Å². The summed E-state index contributed by atoms with van der Waals surface area (Å²) in [6.45, 7) is 6.50. The van der Waals surface area contributed by atoms with Crippen LogP contribution in [-0.2, 0) is 9.53 Å². The Morgan fingerprint density at radius 3 is 2.69 bits per heavy atom. The number of carbonyl (C=O) groups is 1. The van der Waals surface area contributed by atoms with Crippen molar-refractivity contribution in [1.29, 1.82) is 0 Å². The molecule has 1 fully saturated rings. The number of carbonyl (C=O) groups excluding carboxylic acids is 1. The number of hydrogen-bond acceptors (Lipinski definition) is 3. The average Bonchev–Trinajstić information content (AvgIpc) is 2.09. The Balaban J connectivity index is 2.21. The van der Waals surface area contributed by atoms with Crippen LogP contribution in [-0.4, -0.2) is 32.2 Å². The van der Waals surface area contributed by atoms with Crippen LogP contribution in [0, 0.1) is 11.3 Å². The van der Waals surface area contributed by atoms with Gasteiger partial charge in [0, 0.05) is 24.4 Å². The third-order valence-electron chi connectivity index (χ3n) is 2.39. The first-order chi connectivity index (χ1) is 6.07. The topological polar surface area (TPSA) is 64.4 Å². The van der Waals surface area contributed by atoms with Crippen molar-refractivity contribution in [2.75, 3.05) is 26.3 Å². The maximum absolute atomic E-state index is 11.3. The molecule has 1 saturated heterocycles. The molecule has 0 aliphatic carbocycles. The molecule has 1 atom stereocenters. The zero-order valence-electron chi connectivity index (χ0n) is 8.30. The van der Waals surface area contributed by atoms with Crippen molar-refractivity contribution in [2.45, 2.75) is 13.8 Å². The van der Waals surface area contributed by atoms with Gasteiger partial charge in [-0.1, -0.05) is 13.8 Å². The lowest BCUT2D eigenvalue weighted by Crippen LogP contribution is -2.49. The van der Waals surface area contributed by atoms with Crippen LogP contribution in [0.3, 0.4) is 0 Å². The van der Waals surface area contributed by atoms with Crippen molar-refractivity contribution in [3.05, 3.63) is 0 Å². The van der Waals surface area contributed by atoms with Gasteiger partial charge in [0.15, 0.2) is 0 Å². The predicted molar refractivity (Wildman–Crippen MR) is 50.2 cm³/mol. The van der Waals surface area contributed by atoms with Crippen molar-refractivity contribution in [1.82, 2.24) is 5.32 Å². The first-order valence-electron chi connectivity index (χ1n) is 4.63. The molecule has 0 aromatic heterocycles. The summed E-state index contributed by atoms with van der Waals surface area (Å²) in [6, 6.07) is 0. The Kier molecular flexibility index (Phi) is 3.27. The van der Waals surface area contributed by atoms with Crippen LogP contribution in [0.2, 0.25) is 0 Å². The molecular formula is C9H18N2O2. The van der Waals surface area contributed by atoms with Crippen molar-refractivity contribution in [3.8, 4) is 0 Å². The maximum Gasteiger partial charge on any atom is 0.224 e. The van der Waals surface area contributed by atoms with E-state index in [1.54, 1.807) is 0 Å². The van der Waals surface area contributed by atoms with E-state index in [9.17, 15) is 4.79 Å². The van der Waals surface area contributed by atoms with Gasteiger partial charge in [-0.2, -0.15) is 0 Å². The molecule has 4 heteroatoms. The van der Waals surface area contributed by atoms with Crippen molar-refractivity contribution >= 4 is 5.91 Å². The fraction of sp³-hybridized carbons (Fsp3) is 0.889. The Bertz CT molecular complexity index is 190. The lowest BCUT2D eigenvalue weighted by Gasteiger charge is -2.38. The van der Waals surface area contributed by atoms with E-state index >= 15 is 0 Å². The molecule has 4 nitrogen and oxygen atoms in total. The van der Waals surface area contributed by atoms with Gasteiger partial charge in [-0.05, 0) is 0 Å². The Labute approximate surface area is 78.8 Å². The predicted octanol–water partition coefficient (Wildman–Crippen LogP) is -0.266. The summed E-state index contributed by atoms with van der Waals surface area (Å²) in [5.41, 5.74) is 5.52. The van der Waals surface area contributed by atoms with E-state index in [1.165, 1.54) is 0 Å². The number of nitrogens with two attached hydrogens (primary N) is 1. The minimum absolute atomic E-state index is 0.0376. The van der Waals surface area contributed by atoms with Crippen LogP contribution in [0.25, 0.3) is 0 Å². The highest BCUT2D eigenvalue weighted by molar-refractivity contribution is 5.78. The number of nitrogens with one attached hydrogen (secondary N) is 1. The summed E-state index contributed by atoms with van der Waals surface area (Å²) < 4.78 is 5.08. The molecule has 1 heterocycles. The van der Waals surface area contributed by atoms with Gasteiger partial charge < -0.3 is 15.8 Å². The molecular weight excluding hydrogens is 168 g/mol. The van der Waals surface area contributed by atoms with Gasteiger partial charge in [-0.3, -0.25) is 4.79 Å². The second-order valence-corrected chi connectivity index (χ2v) is 4.16. The molecule has 0 aromatic rings. The van der Waals surface area contributed by atoms with Gasteiger partial charge in [0.05, 0.1) is 13.2 Å². The van der Waals surface area contributed by atoms with Gasteiger partial charge in [0.25, 0.3) is 0 Å². The van der Waals surface area contributed by atoms with E-state index < -0.39 is 0 Å². The summed E-state index contributed by atoms with van der Waals surface area (Å²) in [5.74, 6) is -0.0554. The van der Waals surface area contributed by atoms with E-state index in [-0.39, 0.29) is 17.2 Å². The van der Waals surface area contributed by atoms with E-state index in [0.29, 0.717) is 13.1 Å². The second-order valence-electron chi connectivity index (χ2n) is 4.16. The summed E-state index contributed by atoms with van der Waals surface area (Å²) in [5, 5.41) is 2.88.